The third-order valence-electron chi connectivity index (χ3n) is 5.23. The highest BCUT2D eigenvalue weighted by molar-refractivity contribution is 8.00. The molecule has 0 spiro atoms. The number of hydrogen-bond acceptors (Lipinski definition) is 11. The Morgan fingerprint density at radius 3 is 2.28 bits per heavy atom. The number of nitrogens with zero attached hydrogens (tertiary/aromatic N) is 2. The van der Waals surface area contributed by atoms with Crippen molar-refractivity contribution in [2.45, 2.75) is 0 Å². The minimum absolute atomic E-state index is 0.0558. The average molecular weight is 665 g/mol. The Labute approximate surface area is 268 Å². The maximum absolute atomic E-state index is 11.1. The molecular weight excluding hydrogens is 621 g/mol. The monoisotopic (exact) mass is 663 g/mol. The van der Waals surface area contributed by atoms with Gasteiger partial charge in [-0.2, -0.15) is 0 Å². The van der Waals surface area contributed by atoms with Crippen LogP contribution >= 0.6 is 35.1 Å². The first-order chi connectivity index (χ1) is 20.5. The summed E-state index contributed by atoms with van der Waals surface area (Å²) in [7, 11) is 2.11. The van der Waals surface area contributed by atoms with E-state index in [2.05, 4.69) is 48.1 Å². The van der Waals surface area contributed by atoms with Gasteiger partial charge >= 0.3 is 11.9 Å². The third kappa shape index (κ3) is 20.9. The molecule has 43 heavy (non-hydrogen) atoms. The maximum atomic E-state index is 11.1. The van der Waals surface area contributed by atoms with E-state index in [9.17, 15) is 9.59 Å². The molecule has 0 fully saturated rings. The minimum atomic E-state index is -1.57. The van der Waals surface area contributed by atoms with Gasteiger partial charge in [-0.15, -0.1) is 0 Å². The predicted octanol–water partition coefficient (Wildman–Crippen LogP) is 3.02. The summed E-state index contributed by atoms with van der Waals surface area (Å²) in [6.07, 6.45) is 11.9. The Balaban J connectivity index is 0.00000265. The summed E-state index contributed by atoms with van der Waals surface area (Å²) in [6, 6.07) is 0. The van der Waals surface area contributed by atoms with Crippen LogP contribution in [0.25, 0.3) is 0 Å². The lowest BCUT2D eigenvalue weighted by Crippen LogP contribution is -2.39. The van der Waals surface area contributed by atoms with Crippen LogP contribution in [0.1, 0.15) is 0 Å². The molecule has 0 saturated heterocycles. The number of nitrogens with one attached hydrogen (secondary N) is 1. The fraction of sp³-hybridized carbons (Fsp3) is 0.429. The largest absolute Gasteiger partial charge is 0.477 e. The van der Waals surface area contributed by atoms with Gasteiger partial charge < -0.3 is 40.1 Å². The van der Waals surface area contributed by atoms with E-state index in [1.54, 1.807) is 0 Å². The number of carboxylic acid groups (broad SMARTS) is 2. The zero-order valence-corrected chi connectivity index (χ0v) is 26.7. The number of allylic oxidation sites excluding steroid dienone is 5. The van der Waals surface area contributed by atoms with Crippen molar-refractivity contribution in [2.75, 3.05) is 72.9 Å². The number of halogens is 2. The second-order valence-corrected chi connectivity index (χ2v) is 10.1. The second-order valence-electron chi connectivity index (χ2n) is 8.62. The fourth-order valence-electron chi connectivity index (χ4n) is 3.24. The van der Waals surface area contributed by atoms with E-state index in [-0.39, 0.29) is 19.8 Å². The van der Waals surface area contributed by atoms with Gasteiger partial charge in [0.05, 0.1) is 46.2 Å². The lowest BCUT2D eigenvalue weighted by molar-refractivity contribution is -0.137. The van der Waals surface area contributed by atoms with Crippen molar-refractivity contribution in [3.63, 3.8) is 0 Å². The van der Waals surface area contributed by atoms with E-state index in [0.717, 1.165) is 18.1 Å². The molecule has 1 heterocycles. The quantitative estimate of drug-likeness (QED) is 0.0231. The number of carbonyl (C=O) groups is 2. The number of hydrogen-bond donors (Lipinski definition) is 5. The molecule has 12 nitrogen and oxygen atoms in total. The summed E-state index contributed by atoms with van der Waals surface area (Å²) >= 11 is 11.8. The first kappa shape index (κ1) is 40.4. The summed E-state index contributed by atoms with van der Waals surface area (Å²) in [6.45, 7) is 11.8. The standard InChI is InChI=1S/C24H39N5O7S.C4H4Cl2/c1-3-5-19(20-6-4-9-28(2)18-20)7-17-37-27-8-11-34-13-15-36-16-14-35-12-10-29(26)22(24(32)33)21(25)23(30)31;1-4(6)2-3-5/h3-7,17,20,27H,1,8-16,18,25-26H2,2H3,(H,30,31)(H,32,33);2-3H,1H2/b17-7+,19-5+,22-21-;3-2+. The van der Waals surface area contributed by atoms with E-state index >= 15 is 0 Å². The number of carboxylic acids is 2. The molecule has 0 amide bonds. The molecule has 1 rings (SSSR count). The SMILES string of the molecule is C=C(Cl)/C=C/Cl.C=C/C=C(\C=C\SNCCOCCOCCOCCN(N)/C(C(=O)O)=C(\N)C(=O)O)C1C=CCN(C)C1. The summed E-state index contributed by atoms with van der Waals surface area (Å²) in [4.78, 5) is 24.3. The Morgan fingerprint density at radius 2 is 1.77 bits per heavy atom. The Bertz CT molecular complexity index is 1020. The van der Waals surface area contributed by atoms with Crippen molar-refractivity contribution in [3.8, 4) is 0 Å². The molecule has 0 radical (unpaired) electrons. The highest BCUT2D eigenvalue weighted by Gasteiger charge is 2.22. The second kappa shape index (κ2) is 25.9. The van der Waals surface area contributed by atoms with Crippen molar-refractivity contribution in [3.05, 3.63) is 82.6 Å². The van der Waals surface area contributed by atoms with Crippen LogP contribution in [0.4, 0.5) is 0 Å². The Kier molecular flexibility index (Phi) is 24.3. The fourth-order valence-corrected chi connectivity index (χ4v) is 4.05. The van der Waals surface area contributed by atoms with E-state index in [1.807, 2.05) is 17.6 Å². The zero-order chi connectivity index (χ0) is 32.5. The highest BCUT2D eigenvalue weighted by Crippen LogP contribution is 2.20. The van der Waals surface area contributed by atoms with Crippen molar-refractivity contribution in [1.82, 2.24) is 14.6 Å². The summed E-state index contributed by atoms with van der Waals surface area (Å²) in [5.74, 6) is 2.83. The molecule has 1 unspecified atom stereocenters. The van der Waals surface area contributed by atoms with Crippen LogP contribution in [0.3, 0.4) is 0 Å². The van der Waals surface area contributed by atoms with Gasteiger partial charge in [-0.1, -0.05) is 78.7 Å². The zero-order valence-electron chi connectivity index (χ0n) is 24.3. The topological polar surface area (TPSA) is 173 Å². The van der Waals surface area contributed by atoms with Gasteiger partial charge in [0.15, 0.2) is 11.4 Å². The van der Waals surface area contributed by atoms with E-state index < -0.39 is 23.3 Å². The smallest absolute Gasteiger partial charge is 0.356 e. The van der Waals surface area contributed by atoms with E-state index in [0.29, 0.717) is 43.9 Å². The summed E-state index contributed by atoms with van der Waals surface area (Å²) in [5, 5.41) is 21.1. The van der Waals surface area contributed by atoms with Crippen molar-refractivity contribution >= 4 is 47.1 Å². The van der Waals surface area contributed by atoms with Gasteiger partial charge in [-0.05, 0) is 24.1 Å². The molecule has 0 saturated carbocycles. The molecule has 0 aliphatic carbocycles. The number of likely N-dealkylation sites (N-methyl/N-ethyl adjacent to an activating group) is 1. The summed E-state index contributed by atoms with van der Waals surface area (Å²) in [5.41, 5.74) is 6.23. The average Bonchev–Trinajstić information content (AvgIpc) is 2.94. The molecule has 1 atom stereocenters. The predicted molar refractivity (Wildman–Crippen MR) is 173 cm³/mol. The number of rotatable bonds is 21. The number of aliphatic carboxylic acids is 2. The van der Waals surface area contributed by atoms with Crippen molar-refractivity contribution in [2.24, 2.45) is 17.5 Å². The molecule has 0 aromatic rings. The van der Waals surface area contributed by atoms with Crippen LogP contribution in [-0.2, 0) is 23.8 Å². The molecule has 1 aliphatic rings. The van der Waals surface area contributed by atoms with Crippen LogP contribution in [0.5, 0.6) is 0 Å². The van der Waals surface area contributed by atoms with Crippen molar-refractivity contribution in [1.29, 1.82) is 0 Å². The molecular formula is C28H43Cl2N5O7S. The maximum Gasteiger partial charge on any atom is 0.356 e. The first-order valence-electron chi connectivity index (χ1n) is 13.1. The third-order valence-corrected chi connectivity index (χ3v) is 6.13. The molecule has 15 heteroatoms. The minimum Gasteiger partial charge on any atom is -0.477 e. The van der Waals surface area contributed by atoms with Gasteiger partial charge in [0.2, 0.25) is 0 Å². The van der Waals surface area contributed by atoms with Crippen LogP contribution < -0.4 is 16.3 Å². The molecule has 242 valence electrons. The Morgan fingerprint density at radius 1 is 1.14 bits per heavy atom. The van der Waals surface area contributed by atoms with E-state index in [4.69, 9.17) is 59.2 Å². The van der Waals surface area contributed by atoms with Crippen molar-refractivity contribution < 1.29 is 34.0 Å². The van der Waals surface area contributed by atoms with Gasteiger partial charge in [-0.3, -0.25) is 4.72 Å². The lowest BCUT2D eigenvalue weighted by Gasteiger charge is -2.25. The number of ether oxygens (including phenoxy) is 3. The molecule has 0 aromatic heterocycles. The van der Waals surface area contributed by atoms with Crippen LogP contribution in [0.15, 0.2) is 82.6 Å². The Hall–Kier alpha value is -2.59. The van der Waals surface area contributed by atoms with Gasteiger partial charge in [-0.25, -0.2) is 15.4 Å². The first-order valence-corrected chi connectivity index (χ1v) is 14.8. The van der Waals surface area contributed by atoms with Crippen LogP contribution in [0.2, 0.25) is 0 Å². The molecule has 0 bridgehead atoms. The molecule has 7 N–H and O–H groups in total. The van der Waals surface area contributed by atoms with Crippen LogP contribution in [0, 0.1) is 5.92 Å². The lowest BCUT2D eigenvalue weighted by atomic mass is 9.95. The molecule has 0 aromatic carbocycles. The van der Waals surface area contributed by atoms with E-state index in [1.165, 1.54) is 29.1 Å². The normalized spacial score (nSPS) is 16.1. The number of nitrogens with two attached hydrogens (primary N) is 2. The highest BCUT2D eigenvalue weighted by atomic mass is 35.5. The van der Waals surface area contributed by atoms with Gasteiger partial charge in [0, 0.05) is 36.1 Å². The van der Waals surface area contributed by atoms with Gasteiger partial charge in [0.25, 0.3) is 0 Å². The summed E-state index contributed by atoms with van der Waals surface area (Å²) < 4.78 is 19.4. The van der Waals surface area contributed by atoms with Gasteiger partial charge in [0.1, 0.15) is 0 Å². The number of hydrazine groups is 1. The molecule has 1 aliphatic heterocycles. The van der Waals surface area contributed by atoms with Crippen LogP contribution in [-0.4, -0.2) is 105 Å².